The predicted octanol–water partition coefficient (Wildman–Crippen LogP) is -0.0138. The second kappa shape index (κ2) is 7.01. The van der Waals surface area contributed by atoms with Gasteiger partial charge in [0.05, 0.1) is 0 Å². The van der Waals surface area contributed by atoms with Gasteiger partial charge < -0.3 is 5.11 Å². The molecule has 0 unspecified atom stereocenters. The van der Waals surface area contributed by atoms with Gasteiger partial charge in [-0.15, -0.1) is 0 Å². The fraction of sp³-hybridized carbons (Fsp3) is 1.00. The Kier molecular flexibility index (Phi) is 12.7. The molecule has 0 fully saturated rings. The van der Waals surface area contributed by atoms with E-state index in [9.17, 15) is 0 Å². The van der Waals surface area contributed by atoms with E-state index in [4.69, 9.17) is 5.11 Å². The summed E-state index contributed by atoms with van der Waals surface area (Å²) in [5, 5.41) is 8.14. The van der Waals surface area contributed by atoms with Crippen molar-refractivity contribution in [2.45, 2.75) is 13.8 Å². The van der Waals surface area contributed by atoms with Gasteiger partial charge in [0, 0.05) is 6.61 Å². The van der Waals surface area contributed by atoms with E-state index in [1.54, 1.807) is 0 Å². The molecule has 0 aliphatic carbocycles. The zero-order chi connectivity index (χ0) is 4.28. The van der Waals surface area contributed by atoms with Crippen LogP contribution in [0.1, 0.15) is 13.8 Å². The molecule has 0 aromatic rings. The fourth-order valence-electron chi connectivity index (χ4n) is 0. The molecule has 0 atom stereocenters. The van der Waals surface area contributed by atoms with Crippen LogP contribution in [0.2, 0.25) is 0 Å². The van der Waals surface area contributed by atoms with Gasteiger partial charge in [0.1, 0.15) is 0 Å². The molecule has 6 heavy (non-hydrogen) atoms. The molecule has 0 rings (SSSR count). The third-order valence-corrected chi connectivity index (χ3v) is 0.365. The topological polar surface area (TPSA) is 20.2 Å². The van der Waals surface area contributed by atoms with E-state index >= 15 is 0 Å². The van der Waals surface area contributed by atoms with Crippen LogP contribution in [0.15, 0.2) is 0 Å². The molecule has 1 nitrogen and oxygen atoms in total. The third-order valence-electron chi connectivity index (χ3n) is 0.365. The minimum absolute atomic E-state index is 0. The van der Waals surface area contributed by atoms with E-state index < -0.39 is 0 Å². The van der Waals surface area contributed by atoms with Crippen molar-refractivity contribution in [1.82, 2.24) is 0 Å². The van der Waals surface area contributed by atoms with Gasteiger partial charge in [0.15, 0.2) is 0 Å². The zero-order valence-electron chi connectivity index (χ0n) is 3.73. The number of aliphatic hydroxyl groups is 1. The van der Waals surface area contributed by atoms with Gasteiger partial charge >= 0.3 is 68.9 Å². The van der Waals surface area contributed by atoms with Gasteiger partial charge in [-0.1, -0.05) is 13.8 Å². The first-order valence-electron chi connectivity index (χ1n) is 1.88. The Morgan fingerprint density at radius 2 is 1.67 bits per heavy atom. The molecule has 0 aromatic heterocycles. The second-order valence-corrected chi connectivity index (χ2v) is 1.58. The SMILES string of the molecule is CC(C)CO.[CsH]. The average molecular weight is 208 g/mol. The van der Waals surface area contributed by atoms with Crippen LogP contribution in [-0.4, -0.2) is 80.6 Å². The van der Waals surface area contributed by atoms with Gasteiger partial charge in [-0.2, -0.15) is 0 Å². The molecule has 0 amide bonds. The first kappa shape index (κ1) is 10.9. The molecule has 1 N–H and O–H groups in total. The summed E-state index contributed by atoms with van der Waals surface area (Å²) in [6.45, 7) is 4.25. The van der Waals surface area contributed by atoms with Crippen molar-refractivity contribution in [3.8, 4) is 0 Å². The van der Waals surface area contributed by atoms with Crippen molar-refractivity contribution in [3.05, 3.63) is 0 Å². The van der Waals surface area contributed by atoms with Crippen molar-refractivity contribution < 1.29 is 5.11 Å². The summed E-state index contributed by atoms with van der Waals surface area (Å²) >= 11 is 0. The monoisotopic (exact) mass is 208 g/mol. The second-order valence-electron chi connectivity index (χ2n) is 1.58. The molecule has 0 spiro atoms. The van der Waals surface area contributed by atoms with Gasteiger partial charge in [-0.25, -0.2) is 0 Å². The summed E-state index contributed by atoms with van der Waals surface area (Å²) in [5.74, 6) is 0.440. The predicted molar refractivity (Wildman–Crippen MR) is 29.1 cm³/mol. The minimum atomic E-state index is 0. The van der Waals surface area contributed by atoms with Crippen molar-refractivity contribution in [2.24, 2.45) is 5.92 Å². The van der Waals surface area contributed by atoms with Crippen LogP contribution in [0.4, 0.5) is 0 Å². The van der Waals surface area contributed by atoms with Crippen LogP contribution >= 0.6 is 0 Å². The summed E-state index contributed by atoms with van der Waals surface area (Å²) in [7, 11) is 0. The van der Waals surface area contributed by atoms with Gasteiger partial charge in [-0.05, 0) is 5.92 Å². The molecule has 0 aromatic carbocycles. The Morgan fingerprint density at radius 1 is 1.50 bits per heavy atom. The average Bonchev–Trinajstić information content (AvgIpc) is 1.38. The molecule has 0 radical (unpaired) electrons. The quantitative estimate of drug-likeness (QED) is 0.642. The Hall–Kier alpha value is 2.01. The van der Waals surface area contributed by atoms with Crippen molar-refractivity contribution >= 4 is 68.9 Å². The molecule has 0 aliphatic heterocycles. The third kappa shape index (κ3) is 9.38. The molecule has 0 heterocycles. The molecular formula is C4H11CsO. The van der Waals surface area contributed by atoms with Crippen LogP contribution < -0.4 is 0 Å². The molecular weight excluding hydrogens is 197 g/mol. The standard InChI is InChI=1S/C4H10O.Cs.H/c1-4(2)3-5;;/h4-5H,3H2,1-2H3;;. The van der Waals surface area contributed by atoms with Crippen LogP contribution in [0.3, 0.4) is 0 Å². The summed E-state index contributed by atoms with van der Waals surface area (Å²) < 4.78 is 0. The molecule has 0 saturated heterocycles. The molecule has 34 valence electrons. The van der Waals surface area contributed by atoms with E-state index in [0.29, 0.717) is 12.5 Å². The normalized spacial score (nSPS) is 8.00. The number of aliphatic hydroxyl groups excluding tert-OH is 1. The fourth-order valence-corrected chi connectivity index (χ4v) is 0. The Labute approximate surface area is 97.9 Å². The van der Waals surface area contributed by atoms with E-state index in [2.05, 4.69) is 0 Å². The number of hydrogen-bond acceptors (Lipinski definition) is 1. The first-order valence-corrected chi connectivity index (χ1v) is 1.88. The maximum absolute atomic E-state index is 8.14. The van der Waals surface area contributed by atoms with Gasteiger partial charge in [-0.3, -0.25) is 0 Å². The molecule has 0 bridgehead atoms. The van der Waals surface area contributed by atoms with Crippen molar-refractivity contribution in [2.75, 3.05) is 6.61 Å². The summed E-state index contributed by atoms with van der Waals surface area (Å²) in [4.78, 5) is 0. The van der Waals surface area contributed by atoms with E-state index in [0.717, 1.165) is 0 Å². The van der Waals surface area contributed by atoms with E-state index in [1.165, 1.54) is 0 Å². The molecule has 0 aliphatic rings. The summed E-state index contributed by atoms with van der Waals surface area (Å²) in [6, 6.07) is 0. The summed E-state index contributed by atoms with van der Waals surface area (Å²) in [6.07, 6.45) is 0. The molecule has 2 heteroatoms. The van der Waals surface area contributed by atoms with Crippen molar-refractivity contribution in [1.29, 1.82) is 0 Å². The van der Waals surface area contributed by atoms with Crippen LogP contribution in [-0.2, 0) is 0 Å². The molecule has 0 saturated carbocycles. The van der Waals surface area contributed by atoms with E-state index in [-0.39, 0.29) is 68.9 Å². The Morgan fingerprint density at radius 3 is 1.67 bits per heavy atom. The van der Waals surface area contributed by atoms with Crippen LogP contribution in [0.25, 0.3) is 0 Å². The van der Waals surface area contributed by atoms with Crippen molar-refractivity contribution in [3.63, 3.8) is 0 Å². The first-order chi connectivity index (χ1) is 2.27. The number of hydrogen-bond donors (Lipinski definition) is 1. The van der Waals surface area contributed by atoms with Gasteiger partial charge in [0.2, 0.25) is 0 Å². The Bertz CT molecular complexity index is 21.5. The summed E-state index contributed by atoms with van der Waals surface area (Å²) in [5.41, 5.74) is 0. The number of rotatable bonds is 1. The Balaban J connectivity index is 0. The van der Waals surface area contributed by atoms with E-state index in [1.807, 2.05) is 13.8 Å². The maximum atomic E-state index is 8.14. The van der Waals surface area contributed by atoms with Gasteiger partial charge in [0.25, 0.3) is 0 Å². The van der Waals surface area contributed by atoms with Crippen LogP contribution in [0.5, 0.6) is 0 Å². The zero-order valence-corrected chi connectivity index (χ0v) is 3.73. The van der Waals surface area contributed by atoms with Crippen LogP contribution in [0, 0.1) is 5.92 Å².